The van der Waals surface area contributed by atoms with E-state index in [4.69, 9.17) is 38.3 Å². The molecule has 2 aromatic rings. The Balaban J connectivity index is 0.000000237. The molecule has 0 radical (unpaired) electrons. The molecule has 6 rings (SSSR count). The zero-order valence-electron chi connectivity index (χ0n) is 38.0. The molecule has 348 valence electrons. The summed E-state index contributed by atoms with van der Waals surface area (Å²) in [6, 6.07) is 0. The van der Waals surface area contributed by atoms with Crippen LogP contribution in [0.5, 0.6) is 23.0 Å². The number of aliphatic hydroxyl groups excluding tert-OH is 1. The molecule has 0 spiro atoms. The molecular formula is C47H66N2O14. The summed E-state index contributed by atoms with van der Waals surface area (Å²) in [6.07, 6.45) is 6.74. The molecule has 2 aromatic carbocycles. The van der Waals surface area contributed by atoms with Crippen LogP contribution in [-0.4, -0.2) is 142 Å². The maximum absolute atomic E-state index is 12.0. The standard InChI is InChI=1S/C23H31NO7.C18H22O5.C6H13NO2/c1-15(5-7-19(25)30-13-10-24-8-11-29-12-9-24)4-6-17-21(26)20-18(14-31-23(20)27)16(2)22(17)28-3;1-10(5-7-11(2)19)6-8-13-16(20)15-14(9-23-18(15)21)12(3)17(13)22-4;8-4-1-7-2-5-9-6-3-7/h4,26H,5-14H2,1-3H3;6,20H,5,7-9H2,1-4H3;8H,1-6H2/b15-4+;10-6+;. The van der Waals surface area contributed by atoms with Crippen LogP contribution in [0.15, 0.2) is 23.3 Å². The third kappa shape index (κ3) is 14.2. The minimum absolute atomic E-state index is 0.0689. The van der Waals surface area contributed by atoms with Gasteiger partial charge in [0.2, 0.25) is 0 Å². The maximum atomic E-state index is 12.0. The summed E-state index contributed by atoms with van der Waals surface area (Å²) in [4.78, 5) is 51.3. The van der Waals surface area contributed by atoms with Gasteiger partial charge in [-0.1, -0.05) is 23.3 Å². The van der Waals surface area contributed by atoms with E-state index in [-0.39, 0.29) is 54.2 Å². The van der Waals surface area contributed by atoms with E-state index < -0.39 is 11.9 Å². The lowest BCUT2D eigenvalue weighted by Gasteiger charge is -2.26. The number of nitrogens with zero attached hydrogens (tertiary/aromatic N) is 2. The summed E-state index contributed by atoms with van der Waals surface area (Å²) in [5.74, 6) is -0.114. The van der Waals surface area contributed by atoms with Crippen LogP contribution >= 0.6 is 0 Å². The van der Waals surface area contributed by atoms with Crippen LogP contribution in [0.25, 0.3) is 0 Å². The van der Waals surface area contributed by atoms with Gasteiger partial charge in [0.1, 0.15) is 59.7 Å². The van der Waals surface area contributed by atoms with E-state index in [1.165, 1.54) is 0 Å². The number of morpholine rings is 2. The van der Waals surface area contributed by atoms with E-state index in [1.807, 2.05) is 39.8 Å². The molecule has 0 amide bonds. The number of Topliss-reactive ketones (excluding diaryl/α,β-unsaturated/α-hetero) is 1. The number of rotatable bonds is 17. The van der Waals surface area contributed by atoms with E-state index >= 15 is 0 Å². The van der Waals surface area contributed by atoms with Crippen LogP contribution in [0.1, 0.15) is 101 Å². The highest BCUT2D eigenvalue weighted by Gasteiger charge is 2.33. The van der Waals surface area contributed by atoms with Crippen LogP contribution in [0, 0.1) is 13.8 Å². The predicted molar refractivity (Wildman–Crippen MR) is 234 cm³/mol. The first kappa shape index (κ1) is 50.6. The first-order valence-corrected chi connectivity index (χ1v) is 21.6. The van der Waals surface area contributed by atoms with Crippen molar-refractivity contribution in [3.8, 4) is 23.0 Å². The molecule has 16 nitrogen and oxygen atoms in total. The lowest BCUT2D eigenvalue weighted by Crippen LogP contribution is -2.38. The molecule has 0 aliphatic carbocycles. The fraction of sp³-hybridized carbons (Fsp3) is 0.574. The molecule has 0 atom stereocenters. The van der Waals surface area contributed by atoms with Crippen LogP contribution in [-0.2, 0) is 59.3 Å². The quantitative estimate of drug-likeness (QED) is 0.108. The molecule has 2 saturated heterocycles. The summed E-state index contributed by atoms with van der Waals surface area (Å²) in [7, 11) is 3.08. The average Bonchev–Trinajstić information content (AvgIpc) is 3.87. The van der Waals surface area contributed by atoms with Gasteiger partial charge in [-0.05, 0) is 71.4 Å². The first-order valence-electron chi connectivity index (χ1n) is 21.6. The van der Waals surface area contributed by atoms with Crippen molar-refractivity contribution in [2.75, 3.05) is 93.1 Å². The van der Waals surface area contributed by atoms with Crippen LogP contribution < -0.4 is 9.47 Å². The Kier molecular flexibility index (Phi) is 20.4. The normalized spacial score (nSPS) is 16.4. The molecule has 0 saturated carbocycles. The zero-order chi connectivity index (χ0) is 46.1. The number of hydrogen-bond acceptors (Lipinski definition) is 16. The molecule has 0 bridgehead atoms. The first-order chi connectivity index (χ1) is 30.2. The van der Waals surface area contributed by atoms with Crippen molar-refractivity contribution in [3.05, 3.63) is 67.8 Å². The molecule has 2 fully saturated rings. The molecular weight excluding hydrogens is 817 g/mol. The fourth-order valence-corrected chi connectivity index (χ4v) is 7.64. The third-order valence-electron chi connectivity index (χ3n) is 11.5. The van der Waals surface area contributed by atoms with E-state index in [2.05, 4.69) is 9.80 Å². The summed E-state index contributed by atoms with van der Waals surface area (Å²) in [6.45, 7) is 18.4. The number of carbonyl (C=O) groups is 4. The second kappa shape index (κ2) is 25.3. The minimum Gasteiger partial charge on any atom is -0.507 e. The Morgan fingerprint density at radius 3 is 1.51 bits per heavy atom. The van der Waals surface area contributed by atoms with Crippen LogP contribution in [0.4, 0.5) is 0 Å². The van der Waals surface area contributed by atoms with E-state index in [0.717, 1.165) is 88.0 Å². The lowest BCUT2D eigenvalue weighted by molar-refractivity contribution is -0.144. The van der Waals surface area contributed by atoms with Crippen LogP contribution in [0.3, 0.4) is 0 Å². The van der Waals surface area contributed by atoms with Crippen molar-refractivity contribution in [3.63, 3.8) is 0 Å². The van der Waals surface area contributed by atoms with Crippen molar-refractivity contribution in [2.45, 2.75) is 86.4 Å². The molecule has 3 N–H and O–H groups in total. The van der Waals surface area contributed by atoms with Crippen molar-refractivity contribution in [1.82, 2.24) is 9.80 Å². The Hall–Kier alpha value is -5.00. The van der Waals surface area contributed by atoms with Gasteiger partial charge in [0, 0.05) is 74.4 Å². The average molecular weight is 883 g/mol. The van der Waals surface area contributed by atoms with Gasteiger partial charge in [-0.3, -0.25) is 14.6 Å². The van der Waals surface area contributed by atoms with Crippen molar-refractivity contribution in [1.29, 1.82) is 0 Å². The monoisotopic (exact) mass is 882 g/mol. The number of cyclic esters (lactones) is 2. The number of hydrogen-bond donors (Lipinski definition) is 3. The number of benzene rings is 2. The third-order valence-corrected chi connectivity index (χ3v) is 11.5. The molecule has 0 aromatic heterocycles. The lowest BCUT2D eigenvalue weighted by atomic mass is 9.94. The molecule has 4 aliphatic rings. The predicted octanol–water partition coefficient (Wildman–Crippen LogP) is 5.07. The number of methoxy groups -OCH3 is 2. The van der Waals surface area contributed by atoms with Gasteiger partial charge in [0.25, 0.3) is 0 Å². The van der Waals surface area contributed by atoms with Crippen LogP contribution in [0.2, 0.25) is 0 Å². The SMILES string of the molecule is COc1c(C)c2c(c(O)c1C/C=C(\C)CCC(=O)OCCN1CCOCC1)C(=O)OC2.COc1c(C)c2c(c(O)c1C/C=C(\C)CCC(C)=O)C(=O)OC2.OCCN1CCOCC1. The van der Waals surface area contributed by atoms with Gasteiger partial charge in [-0.15, -0.1) is 0 Å². The number of fused-ring (bicyclic) bond motifs is 2. The molecule has 4 aliphatic heterocycles. The summed E-state index contributed by atoms with van der Waals surface area (Å²) >= 11 is 0. The van der Waals surface area contributed by atoms with Gasteiger partial charge >= 0.3 is 17.9 Å². The minimum atomic E-state index is -0.514. The van der Waals surface area contributed by atoms with Gasteiger partial charge < -0.3 is 53.3 Å². The summed E-state index contributed by atoms with van der Waals surface area (Å²) in [5.41, 5.74) is 6.61. The number of β-amino-alcohol motifs (C(OH)–C–C–N with tert-alkyl or cyclic N) is 1. The number of carbonyl (C=O) groups excluding carboxylic acids is 4. The second-order valence-electron chi connectivity index (χ2n) is 15.9. The highest BCUT2D eigenvalue weighted by Crippen LogP contribution is 2.43. The highest BCUT2D eigenvalue weighted by molar-refractivity contribution is 5.98. The van der Waals surface area contributed by atoms with Gasteiger partial charge in [-0.2, -0.15) is 0 Å². The number of ether oxygens (including phenoxy) is 7. The van der Waals surface area contributed by atoms with E-state index in [0.29, 0.717) is 78.9 Å². The Morgan fingerprint density at radius 2 is 1.10 bits per heavy atom. The Labute approximate surface area is 370 Å². The molecule has 4 heterocycles. The van der Waals surface area contributed by atoms with Gasteiger partial charge in [0.05, 0.1) is 47.3 Å². The number of esters is 3. The largest absolute Gasteiger partial charge is 0.507 e. The molecule has 16 heteroatoms. The number of aromatic hydroxyl groups is 2. The van der Waals surface area contributed by atoms with Gasteiger partial charge in [-0.25, -0.2) is 9.59 Å². The zero-order valence-corrected chi connectivity index (χ0v) is 38.0. The Morgan fingerprint density at radius 1 is 0.667 bits per heavy atom. The van der Waals surface area contributed by atoms with Gasteiger partial charge in [0.15, 0.2) is 0 Å². The number of allylic oxidation sites excluding steroid dienone is 4. The smallest absolute Gasteiger partial charge is 0.342 e. The summed E-state index contributed by atoms with van der Waals surface area (Å²) in [5, 5.41) is 29.7. The van der Waals surface area contributed by atoms with Crippen molar-refractivity contribution < 1.29 is 67.7 Å². The van der Waals surface area contributed by atoms with E-state index in [1.54, 1.807) is 21.1 Å². The molecule has 0 unspecified atom stereocenters. The second-order valence-corrected chi connectivity index (χ2v) is 15.9. The number of phenolic OH excluding ortho intramolecular Hbond substituents is 2. The molecule has 63 heavy (non-hydrogen) atoms. The Bertz CT molecular complexity index is 1980. The van der Waals surface area contributed by atoms with Crippen molar-refractivity contribution >= 4 is 23.7 Å². The topological polar surface area (TPSA) is 200 Å². The number of aliphatic hydroxyl groups is 1. The summed E-state index contributed by atoms with van der Waals surface area (Å²) < 4.78 is 36.8. The fourth-order valence-electron chi connectivity index (χ4n) is 7.64. The highest BCUT2D eigenvalue weighted by atomic mass is 16.5. The van der Waals surface area contributed by atoms with Crippen molar-refractivity contribution in [2.24, 2.45) is 0 Å². The van der Waals surface area contributed by atoms with E-state index in [9.17, 15) is 29.4 Å². The number of phenols is 2. The maximum Gasteiger partial charge on any atom is 0.342 e. The number of ketones is 1.